The van der Waals surface area contributed by atoms with Crippen LogP contribution in [0.15, 0.2) is 0 Å². The maximum atomic E-state index is 14.0. The predicted molar refractivity (Wildman–Crippen MR) is 59.7 cm³/mol. The fourth-order valence-electron chi connectivity index (χ4n) is 2.37. The van der Waals surface area contributed by atoms with Crippen molar-refractivity contribution in [2.45, 2.75) is 69.8 Å². The monoisotopic (exact) mass is 255 g/mol. The molecule has 1 aliphatic rings. The van der Waals surface area contributed by atoms with Crippen LogP contribution in [-0.4, -0.2) is 24.4 Å². The summed E-state index contributed by atoms with van der Waals surface area (Å²) in [5.74, 6) is 0. The van der Waals surface area contributed by atoms with Gasteiger partial charge in [0.05, 0.1) is 0 Å². The minimum atomic E-state index is -4.17. The molecular formula is C12H21F4N. The fourth-order valence-corrected chi connectivity index (χ4v) is 2.37. The zero-order valence-corrected chi connectivity index (χ0v) is 10.2. The van der Waals surface area contributed by atoms with Crippen molar-refractivity contribution in [3.8, 4) is 0 Å². The lowest BCUT2D eigenvalue weighted by molar-refractivity contribution is -0.136. The first kappa shape index (κ1) is 14.7. The van der Waals surface area contributed by atoms with E-state index in [1.54, 1.807) is 0 Å². The molecule has 1 nitrogen and oxygen atoms in total. The van der Waals surface area contributed by atoms with Crippen molar-refractivity contribution in [3.05, 3.63) is 0 Å². The average molecular weight is 255 g/mol. The molecule has 1 fully saturated rings. The summed E-state index contributed by atoms with van der Waals surface area (Å²) >= 11 is 0. The van der Waals surface area contributed by atoms with Crippen LogP contribution in [0.2, 0.25) is 0 Å². The molecule has 17 heavy (non-hydrogen) atoms. The summed E-state index contributed by atoms with van der Waals surface area (Å²) < 4.78 is 49.9. The maximum absolute atomic E-state index is 14.0. The van der Waals surface area contributed by atoms with Crippen molar-refractivity contribution in [1.29, 1.82) is 0 Å². The molecule has 0 aromatic carbocycles. The van der Waals surface area contributed by atoms with Crippen LogP contribution in [-0.2, 0) is 0 Å². The topological polar surface area (TPSA) is 12.0 Å². The molecule has 0 aliphatic carbocycles. The molecule has 0 saturated carbocycles. The van der Waals surface area contributed by atoms with Gasteiger partial charge in [-0.15, -0.1) is 0 Å². The first-order valence-corrected chi connectivity index (χ1v) is 6.28. The Morgan fingerprint density at radius 3 is 2.35 bits per heavy atom. The van der Waals surface area contributed by atoms with E-state index in [2.05, 4.69) is 5.32 Å². The van der Waals surface area contributed by atoms with Gasteiger partial charge >= 0.3 is 6.18 Å². The second-order valence-corrected chi connectivity index (χ2v) is 5.23. The van der Waals surface area contributed by atoms with Gasteiger partial charge in [0.2, 0.25) is 0 Å². The van der Waals surface area contributed by atoms with E-state index < -0.39 is 18.3 Å². The third-order valence-corrected chi connectivity index (χ3v) is 3.24. The predicted octanol–water partition coefficient (Wildman–Crippen LogP) is 3.98. The highest BCUT2D eigenvalue weighted by atomic mass is 19.4. The van der Waals surface area contributed by atoms with E-state index in [1.165, 1.54) is 6.92 Å². The number of hydrogen-bond acceptors (Lipinski definition) is 1. The summed E-state index contributed by atoms with van der Waals surface area (Å²) in [6.45, 7) is 2.31. The average Bonchev–Trinajstić information content (AvgIpc) is 2.15. The van der Waals surface area contributed by atoms with Gasteiger partial charge in [0, 0.05) is 12.5 Å². The highest BCUT2D eigenvalue weighted by Gasteiger charge is 2.31. The van der Waals surface area contributed by atoms with E-state index in [0.29, 0.717) is 6.42 Å². The first-order valence-electron chi connectivity index (χ1n) is 6.28. The van der Waals surface area contributed by atoms with Crippen LogP contribution in [0.3, 0.4) is 0 Å². The van der Waals surface area contributed by atoms with E-state index in [-0.39, 0.29) is 18.9 Å². The van der Waals surface area contributed by atoms with Crippen molar-refractivity contribution in [3.63, 3.8) is 0 Å². The normalized spacial score (nSPS) is 25.6. The minimum Gasteiger partial charge on any atom is -0.314 e. The third-order valence-electron chi connectivity index (χ3n) is 3.24. The summed E-state index contributed by atoms with van der Waals surface area (Å²) in [6, 6.07) is 0.129. The molecule has 0 spiro atoms. The molecule has 1 N–H and O–H groups in total. The Morgan fingerprint density at radius 2 is 1.82 bits per heavy atom. The Kier molecular flexibility index (Phi) is 5.22. The number of alkyl halides is 4. The van der Waals surface area contributed by atoms with Crippen molar-refractivity contribution >= 4 is 0 Å². The van der Waals surface area contributed by atoms with E-state index in [4.69, 9.17) is 0 Å². The Labute approximate surface area is 100.0 Å². The highest BCUT2D eigenvalue weighted by Crippen LogP contribution is 2.30. The van der Waals surface area contributed by atoms with Gasteiger partial charge in [0.15, 0.2) is 0 Å². The van der Waals surface area contributed by atoms with Crippen LogP contribution in [0.5, 0.6) is 0 Å². The smallest absolute Gasteiger partial charge is 0.314 e. The largest absolute Gasteiger partial charge is 0.389 e. The van der Waals surface area contributed by atoms with Crippen LogP contribution in [0.1, 0.15) is 51.9 Å². The Hall–Kier alpha value is -0.320. The van der Waals surface area contributed by atoms with Crippen molar-refractivity contribution in [2.24, 2.45) is 0 Å². The Balaban J connectivity index is 2.24. The fraction of sp³-hybridized carbons (Fsp3) is 1.00. The molecule has 1 saturated heterocycles. The minimum absolute atomic E-state index is 0.00924. The molecule has 2 unspecified atom stereocenters. The summed E-state index contributed by atoms with van der Waals surface area (Å²) in [6.07, 6.45) is -1.74. The van der Waals surface area contributed by atoms with Gasteiger partial charge in [-0.2, -0.15) is 13.2 Å². The number of halogens is 4. The second-order valence-electron chi connectivity index (χ2n) is 5.23. The lowest BCUT2D eigenvalue weighted by Crippen LogP contribution is -2.39. The maximum Gasteiger partial charge on any atom is 0.389 e. The van der Waals surface area contributed by atoms with Gasteiger partial charge in [-0.1, -0.05) is 6.42 Å². The zero-order valence-electron chi connectivity index (χ0n) is 10.2. The number of hydrogen-bond donors (Lipinski definition) is 1. The lowest BCUT2D eigenvalue weighted by Gasteiger charge is -2.30. The number of nitrogens with one attached hydrogen (secondary N) is 1. The third kappa shape index (κ3) is 6.86. The van der Waals surface area contributed by atoms with Crippen molar-refractivity contribution in [2.75, 3.05) is 6.54 Å². The van der Waals surface area contributed by atoms with Crippen LogP contribution in [0.4, 0.5) is 17.6 Å². The van der Waals surface area contributed by atoms with Gasteiger partial charge in [-0.05, 0) is 45.6 Å². The SMILES string of the molecule is CC(F)(CCCC(F)(F)F)CC1CCCCN1. The molecule has 0 amide bonds. The van der Waals surface area contributed by atoms with Crippen LogP contribution < -0.4 is 5.32 Å². The molecule has 1 aliphatic heterocycles. The molecule has 0 aromatic heterocycles. The molecule has 0 aromatic rings. The zero-order chi connectivity index (χ0) is 12.9. The first-order chi connectivity index (χ1) is 7.79. The summed E-state index contributed by atoms with van der Waals surface area (Å²) in [7, 11) is 0. The lowest BCUT2D eigenvalue weighted by atomic mass is 9.89. The van der Waals surface area contributed by atoms with E-state index in [0.717, 1.165) is 25.8 Å². The van der Waals surface area contributed by atoms with Crippen LogP contribution in [0.25, 0.3) is 0 Å². The highest BCUT2D eigenvalue weighted by molar-refractivity contribution is 4.83. The van der Waals surface area contributed by atoms with E-state index >= 15 is 0 Å². The molecule has 5 heteroatoms. The number of rotatable bonds is 5. The molecule has 1 heterocycles. The Morgan fingerprint density at radius 1 is 1.12 bits per heavy atom. The summed E-state index contributed by atoms with van der Waals surface area (Å²) in [5, 5.41) is 3.22. The van der Waals surface area contributed by atoms with Crippen LogP contribution in [0, 0.1) is 0 Å². The van der Waals surface area contributed by atoms with Gasteiger partial charge in [0.25, 0.3) is 0 Å². The molecule has 102 valence electrons. The Bertz CT molecular complexity index is 219. The van der Waals surface area contributed by atoms with Crippen LogP contribution >= 0.6 is 0 Å². The quantitative estimate of drug-likeness (QED) is 0.733. The van der Waals surface area contributed by atoms with Crippen molar-refractivity contribution < 1.29 is 17.6 Å². The second kappa shape index (κ2) is 6.03. The van der Waals surface area contributed by atoms with Gasteiger partial charge < -0.3 is 5.32 Å². The molecule has 2 atom stereocenters. The number of piperidine rings is 1. The summed E-state index contributed by atoms with van der Waals surface area (Å²) in [4.78, 5) is 0. The molecular weight excluding hydrogens is 234 g/mol. The van der Waals surface area contributed by atoms with Crippen molar-refractivity contribution in [1.82, 2.24) is 5.32 Å². The summed E-state index contributed by atoms with van der Waals surface area (Å²) in [5.41, 5.74) is -1.49. The molecule has 0 bridgehead atoms. The van der Waals surface area contributed by atoms with Gasteiger partial charge in [-0.25, -0.2) is 4.39 Å². The van der Waals surface area contributed by atoms with E-state index in [9.17, 15) is 17.6 Å². The molecule has 0 radical (unpaired) electrons. The van der Waals surface area contributed by atoms with Gasteiger partial charge in [0.1, 0.15) is 5.67 Å². The standard InChI is InChI=1S/C12H21F4N/c1-11(13,6-4-7-12(14,15)16)9-10-5-2-3-8-17-10/h10,17H,2-9H2,1H3. The van der Waals surface area contributed by atoms with Gasteiger partial charge in [-0.3, -0.25) is 0 Å². The van der Waals surface area contributed by atoms with E-state index in [1.807, 2.05) is 0 Å². The molecule has 1 rings (SSSR count).